The molecular formula is C19H25NO. The van der Waals surface area contributed by atoms with Crippen molar-refractivity contribution in [2.75, 3.05) is 6.61 Å². The van der Waals surface area contributed by atoms with Gasteiger partial charge in [0.15, 0.2) is 0 Å². The molecule has 0 saturated carbocycles. The van der Waals surface area contributed by atoms with Crippen molar-refractivity contribution in [1.29, 1.82) is 0 Å². The molecule has 112 valence electrons. The molecule has 0 spiro atoms. The van der Waals surface area contributed by atoms with Crippen molar-refractivity contribution in [2.24, 2.45) is 5.73 Å². The van der Waals surface area contributed by atoms with Crippen molar-refractivity contribution in [2.45, 2.75) is 39.2 Å². The zero-order valence-corrected chi connectivity index (χ0v) is 13.4. The smallest absolute Gasteiger partial charge is 0.119 e. The molecule has 0 aromatic heterocycles. The summed E-state index contributed by atoms with van der Waals surface area (Å²) in [6.45, 7) is 9.17. The van der Waals surface area contributed by atoms with Crippen LogP contribution in [0.3, 0.4) is 0 Å². The first-order valence-electron chi connectivity index (χ1n) is 7.42. The molecule has 1 atom stereocenters. The third-order valence-corrected chi connectivity index (χ3v) is 3.66. The van der Waals surface area contributed by atoms with Crippen LogP contribution in [0.2, 0.25) is 0 Å². The Labute approximate surface area is 127 Å². The Morgan fingerprint density at radius 3 is 2.05 bits per heavy atom. The molecule has 21 heavy (non-hydrogen) atoms. The molecule has 2 N–H and O–H groups in total. The number of hydrogen-bond donors (Lipinski definition) is 1. The lowest BCUT2D eigenvalue weighted by molar-refractivity contribution is 0.290. The van der Waals surface area contributed by atoms with E-state index in [2.05, 4.69) is 64.1 Å². The van der Waals surface area contributed by atoms with Crippen LogP contribution in [0.4, 0.5) is 0 Å². The van der Waals surface area contributed by atoms with Gasteiger partial charge in [0.1, 0.15) is 12.4 Å². The standard InChI is InChI=1S/C19H25NO/c1-14-5-7-15(8-6-14)18(20)13-21-17-11-9-16(10-12-17)19(2,3)4/h5-12,18H,13,20H2,1-4H3. The first kappa shape index (κ1) is 15.6. The summed E-state index contributed by atoms with van der Waals surface area (Å²) in [5, 5.41) is 0. The van der Waals surface area contributed by atoms with Crippen LogP contribution in [0.1, 0.15) is 43.5 Å². The summed E-state index contributed by atoms with van der Waals surface area (Å²) < 4.78 is 5.80. The minimum atomic E-state index is -0.104. The van der Waals surface area contributed by atoms with Crippen LogP contribution in [0.15, 0.2) is 48.5 Å². The highest BCUT2D eigenvalue weighted by molar-refractivity contribution is 5.31. The second-order valence-electron chi connectivity index (χ2n) is 6.60. The SMILES string of the molecule is Cc1ccc(C(N)COc2ccc(C(C)(C)C)cc2)cc1. The Bertz CT molecular complexity index is 564. The van der Waals surface area contributed by atoms with Crippen LogP contribution in [0.5, 0.6) is 5.75 Å². The molecule has 0 aliphatic carbocycles. The molecule has 0 amide bonds. The molecule has 2 aromatic carbocycles. The van der Waals surface area contributed by atoms with Crippen molar-refractivity contribution in [3.8, 4) is 5.75 Å². The Morgan fingerprint density at radius 2 is 1.52 bits per heavy atom. The summed E-state index contributed by atoms with van der Waals surface area (Å²) in [5.74, 6) is 0.866. The van der Waals surface area contributed by atoms with E-state index in [1.165, 1.54) is 11.1 Å². The molecule has 2 aromatic rings. The van der Waals surface area contributed by atoms with E-state index in [1.54, 1.807) is 0 Å². The van der Waals surface area contributed by atoms with Crippen LogP contribution in [0, 0.1) is 6.92 Å². The minimum Gasteiger partial charge on any atom is -0.492 e. The molecule has 0 saturated heterocycles. The van der Waals surface area contributed by atoms with Crippen LogP contribution in [-0.4, -0.2) is 6.61 Å². The van der Waals surface area contributed by atoms with Gasteiger partial charge < -0.3 is 10.5 Å². The van der Waals surface area contributed by atoms with E-state index in [0.717, 1.165) is 11.3 Å². The van der Waals surface area contributed by atoms with E-state index < -0.39 is 0 Å². The molecule has 0 aliphatic rings. The number of aryl methyl sites for hydroxylation is 1. The highest BCUT2D eigenvalue weighted by Gasteiger charge is 2.13. The maximum atomic E-state index is 6.17. The summed E-state index contributed by atoms with van der Waals surface area (Å²) in [6.07, 6.45) is 0. The van der Waals surface area contributed by atoms with E-state index in [4.69, 9.17) is 10.5 Å². The fourth-order valence-electron chi connectivity index (χ4n) is 2.15. The third-order valence-electron chi connectivity index (χ3n) is 3.66. The van der Waals surface area contributed by atoms with Gasteiger partial charge in [-0.3, -0.25) is 0 Å². The second-order valence-corrected chi connectivity index (χ2v) is 6.60. The third kappa shape index (κ3) is 4.33. The second kappa shape index (κ2) is 6.31. The monoisotopic (exact) mass is 283 g/mol. The number of hydrogen-bond acceptors (Lipinski definition) is 2. The van der Waals surface area contributed by atoms with Crippen molar-refractivity contribution in [3.05, 3.63) is 65.2 Å². The summed E-state index contributed by atoms with van der Waals surface area (Å²) >= 11 is 0. The van der Waals surface area contributed by atoms with Crippen LogP contribution in [0.25, 0.3) is 0 Å². The number of benzene rings is 2. The fourth-order valence-corrected chi connectivity index (χ4v) is 2.15. The number of ether oxygens (including phenoxy) is 1. The Kier molecular flexibility index (Phi) is 4.69. The van der Waals surface area contributed by atoms with E-state index in [0.29, 0.717) is 6.61 Å². The molecule has 0 aliphatic heterocycles. The lowest BCUT2D eigenvalue weighted by Crippen LogP contribution is -2.19. The van der Waals surface area contributed by atoms with Gasteiger partial charge >= 0.3 is 0 Å². The van der Waals surface area contributed by atoms with Gasteiger partial charge in [-0.05, 0) is 35.6 Å². The minimum absolute atomic E-state index is 0.104. The zero-order chi connectivity index (χ0) is 15.5. The molecule has 2 heteroatoms. The average molecular weight is 283 g/mol. The Balaban J connectivity index is 1.95. The summed E-state index contributed by atoms with van der Waals surface area (Å²) in [5.41, 5.74) is 9.98. The molecular weight excluding hydrogens is 258 g/mol. The van der Waals surface area contributed by atoms with Gasteiger partial charge in [0, 0.05) is 0 Å². The molecule has 1 unspecified atom stereocenters. The van der Waals surface area contributed by atoms with Crippen molar-refractivity contribution in [1.82, 2.24) is 0 Å². The summed E-state index contributed by atoms with van der Waals surface area (Å²) in [4.78, 5) is 0. The van der Waals surface area contributed by atoms with E-state index in [9.17, 15) is 0 Å². The van der Waals surface area contributed by atoms with Gasteiger partial charge in [0.05, 0.1) is 6.04 Å². The normalized spacial score (nSPS) is 13.0. The summed E-state index contributed by atoms with van der Waals surface area (Å²) in [7, 11) is 0. The predicted octanol–water partition coefficient (Wildman–Crippen LogP) is 4.37. The van der Waals surface area contributed by atoms with Crippen LogP contribution in [-0.2, 0) is 5.41 Å². The Hall–Kier alpha value is -1.80. The molecule has 2 rings (SSSR count). The maximum Gasteiger partial charge on any atom is 0.119 e. The number of rotatable bonds is 4. The van der Waals surface area contributed by atoms with Gasteiger partial charge in [0.2, 0.25) is 0 Å². The lowest BCUT2D eigenvalue weighted by Gasteiger charge is -2.19. The van der Waals surface area contributed by atoms with Gasteiger partial charge in [-0.2, -0.15) is 0 Å². The van der Waals surface area contributed by atoms with Crippen molar-refractivity contribution in [3.63, 3.8) is 0 Å². The average Bonchev–Trinajstić information content (AvgIpc) is 2.45. The molecule has 0 bridgehead atoms. The van der Waals surface area contributed by atoms with E-state index in [-0.39, 0.29) is 11.5 Å². The predicted molar refractivity (Wildman–Crippen MR) is 88.7 cm³/mol. The molecule has 0 fully saturated rings. The summed E-state index contributed by atoms with van der Waals surface area (Å²) in [6, 6.07) is 16.4. The topological polar surface area (TPSA) is 35.2 Å². The highest BCUT2D eigenvalue weighted by Crippen LogP contribution is 2.24. The molecule has 2 nitrogen and oxygen atoms in total. The number of nitrogens with two attached hydrogens (primary N) is 1. The Morgan fingerprint density at radius 1 is 0.952 bits per heavy atom. The van der Waals surface area contributed by atoms with E-state index >= 15 is 0 Å². The van der Waals surface area contributed by atoms with Gasteiger partial charge in [-0.25, -0.2) is 0 Å². The molecule has 0 heterocycles. The van der Waals surface area contributed by atoms with Gasteiger partial charge in [0.25, 0.3) is 0 Å². The van der Waals surface area contributed by atoms with Crippen molar-refractivity contribution < 1.29 is 4.74 Å². The largest absolute Gasteiger partial charge is 0.492 e. The first-order chi connectivity index (χ1) is 9.86. The zero-order valence-electron chi connectivity index (χ0n) is 13.4. The molecule has 0 radical (unpaired) electrons. The van der Waals surface area contributed by atoms with Gasteiger partial charge in [-0.15, -0.1) is 0 Å². The first-order valence-corrected chi connectivity index (χ1v) is 7.42. The quantitative estimate of drug-likeness (QED) is 0.904. The van der Waals surface area contributed by atoms with E-state index in [1.807, 2.05) is 12.1 Å². The lowest BCUT2D eigenvalue weighted by atomic mass is 9.87. The van der Waals surface area contributed by atoms with Crippen molar-refractivity contribution >= 4 is 0 Å². The van der Waals surface area contributed by atoms with Crippen LogP contribution >= 0.6 is 0 Å². The maximum absolute atomic E-state index is 6.17. The van der Waals surface area contributed by atoms with Crippen LogP contribution < -0.4 is 10.5 Å². The highest BCUT2D eigenvalue weighted by atomic mass is 16.5. The van der Waals surface area contributed by atoms with Gasteiger partial charge in [-0.1, -0.05) is 62.7 Å². The fraction of sp³-hybridized carbons (Fsp3) is 0.368.